The van der Waals surface area contributed by atoms with E-state index < -0.39 is 23.6 Å². The van der Waals surface area contributed by atoms with Gasteiger partial charge in [-0.3, -0.25) is 4.79 Å². The number of carbonyl (C=O) groups is 1. The van der Waals surface area contributed by atoms with Crippen LogP contribution in [0.5, 0.6) is 0 Å². The third kappa shape index (κ3) is 3.27. The summed E-state index contributed by atoms with van der Waals surface area (Å²) in [4.78, 5) is 18.9. The summed E-state index contributed by atoms with van der Waals surface area (Å²) in [6, 6.07) is 2.54. The summed E-state index contributed by atoms with van der Waals surface area (Å²) in [7, 11) is 0. The summed E-state index contributed by atoms with van der Waals surface area (Å²) in [5.74, 6) is -0.454. The molecule has 1 aliphatic heterocycles. The van der Waals surface area contributed by atoms with Gasteiger partial charge in [-0.25, -0.2) is 8.78 Å². The van der Waals surface area contributed by atoms with Gasteiger partial charge in [0.15, 0.2) is 5.82 Å². The fourth-order valence-corrected chi connectivity index (χ4v) is 3.31. The number of halogens is 2. The number of nitrogens with zero attached hydrogens (tertiary/aromatic N) is 3. The first kappa shape index (κ1) is 16.2. The van der Waals surface area contributed by atoms with Gasteiger partial charge in [0.2, 0.25) is 5.89 Å². The maximum Gasteiger partial charge on any atom is 0.257 e. The van der Waals surface area contributed by atoms with Gasteiger partial charge in [-0.1, -0.05) is 18.0 Å². The topological polar surface area (TPSA) is 59.2 Å². The maximum absolute atomic E-state index is 14.1. The second-order valence-corrected chi connectivity index (χ2v) is 6.75. The zero-order valence-electron chi connectivity index (χ0n) is 13.8. The van der Waals surface area contributed by atoms with Crippen LogP contribution in [0.2, 0.25) is 0 Å². The second-order valence-electron chi connectivity index (χ2n) is 6.75. The zero-order valence-corrected chi connectivity index (χ0v) is 13.8. The molecule has 1 saturated heterocycles. The molecule has 25 heavy (non-hydrogen) atoms. The van der Waals surface area contributed by atoms with Crippen LogP contribution < -0.4 is 0 Å². The van der Waals surface area contributed by atoms with Crippen LogP contribution >= 0.6 is 0 Å². The Kier molecular flexibility index (Phi) is 4.23. The minimum absolute atomic E-state index is 0.256. The first-order valence-corrected chi connectivity index (χ1v) is 8.73. The molecule has 132 valence electrons. The van der Waals surface area contributed by atoms with Gasteiger partial charge >= 0.3 is 0 Å². The second kappa shape index (κ2) is 6.54. The van der Waals surface area contributed by atoms with Crippen molar-refractivity contribution < 1.29 is 18.1 Å². The molecule has 2 aliphatic rings. The van der Waals surface area contributed by atoms with E-state index in [0.717, 1.165) is 50.3 Å². The number of likely N-dealkylation sites (tertiary alicyclic amines) is 1. The van der Waals surface area contributed by atoms with Gasteiger partial charge in [0.1, 0.15) is 17.7 Å². The molecule has 0 N–H and O–H groups in total. The number of carbonyl (C=O) groups excluding carboxylic acids is 1. The maximum atomic E-state index is 14.1. The molecule has 1 aromatic heterocycles. The van der Waals surface area contributed by atoms with Gasteiger partial charge < -0.3 is 9.42 Å². The van der Waals surface area contributed by atoms with Crippen molar-refractivity contribution in [2.75, 3.05) is 6.54 Å². The molecule has 2 aromatic rings. The van der Waals surface area contributed by atoms with Crippen LogP contribution in [-0.2, 0) is 0 Å². The van der Waals surface area contributed by atoms with E-state index in [9.17, 15) is 13.6 Å². The number of hydrogen-bond donors (Lipinski definition) is 0. The minimum Gasteiger partial charge on any atom is -0.337 e. The first-order chi connectivity index (χ1) is 12.1. The molecule has 2 fully saturated rings. The Balaban J connectivity index is 1.65. The van der Waals surface area contributed by atoms with Gasteiger partial charge in [0.25, 0.3) is 5.91 Å². The van der Waals surface area contributed by atoms with Crippen molar-refractivity contribution in [1.29, 1.82) is 0 Å². The molecule has 0 bridgehead atoms. The third-order valence-corrected chi connectivity index (χ3v) is 4.86. The lowest BCUT2D eigenvalue weighted by atomic mass is 10.1. The Hall–Kier alpha value is -2.31. The normalized spacial score (nSPS) is 21.2. The van der Waals surface area contributed by atoms with E-state index in [1.54, 1.807) is 4.90 Å². The monoisotopic (exact) mass is 347 g/mol. The van der Waals surface area contributed by atoms with Gasteiger partial charge in [-0.05, 0) is 43.9 Å². The lowest BCUT2D eigenvalue weighted by molar-refractivity contribution is 0.0639. The van der Waals surface area contributed by atoms with Crippen LogP contribution in [0.3, 0.4) is 0 Å². The van der Waals surface area contributed by atoms with Crippen molar-refractivity contribution in [3.8, 4) is 0 Å². The Bertz CT molecular complexity index is 788. The van der Waals surface area contributed by atoms with Gasteiger partial charge in [-0.15, -0.1) is 0 Å². The van der Waals surface area contributed by atoms with E-state index in [-0.39, 0.29) is 5.56 Å². The summed E-state index contributed by atoms with van der Waals surface area (Å²) in [5.41, 5.74) is -0.256. The van der Waals surface area contributed by atoms with Crippen molar-refractivity contribution in [2.45, 2.75) is 50.5 Å². The number of hydrogen-bond acceptors (Lipinski definition) is 4. The first-order valence-electron chi connectivity index (χ1n) is 8.73. The highest BCUT2D eigenvalue weighted by atomic mass is 19.1. The molecular weight excluding hydrogens is 328 g/mol. The highest BCUT2D eigenvalue weighted by Crippen LogP contribution is 2.39. The van der Waals surface area contributed by atoms with Crippen molar-refractivity contribution in [2.24, 2.45) is 0 Å². The standard InChI is InChI=1S/C18H19F2N3O2/c19-12-7-8-14(20)13(10-12)18(24)23-9-3-1-2-4-15(23)17-21-16(22-25-17)11-5-6-11/h7-8,10-11,15H,1-6,9H2. The van der Waals surface area contributed by atoms with E-state index in [1.807, 2.05) is 0 Å². The number of amides is 1. The molecule has 1 unspecified atom stereocenters. The molecule has 0 radical (unpaired) electrons. The number of rotatable bonds is 3. The Morgan fingerprint density at radius 3 is 2.80 bits per heavy atom. The predicted molar refractivity (Wildman–Crippen MR) is 84.9 cm³/mol. The molecular formula is C18H19F2N3O2. The molecule has 1 amide bonds. The quantitative estimate of drug-likeness (QED) is 0.842. The fraction of sp³-hybridized carbons (Fsp3) is 0.500. The summed E-state index contributed by atoms with van der Waals surface area (Å²) >= 11 is 0. The van der Waals surface area contributed by atoms with E-state index in [1.165, 1.54) is 0 Å². The van der Waals surface area contributed by atoms with Crippen LogP contribution in [0.25, 0.3) is 0 Å². The van der Waals surface area contributed by atoms with Crippen LogP contribution in [0.15, 0.2) is 22.7 Å². The van der Waals surface area contributed by atoms with Crippen molar-refractivity contribution in [3.63, 3.8) is 0 Å². The van der Waals surface area contributed by atoms with Crippen molar-refractivity contribution >= 4 is 5.91 Å². The molecule has 7 heteroatoms. The summed E-state index contributed by atoms with van der Waals surface area (Å²) in [6.07, 6.45) is 5.48. The van der Waals surface area contributed by atoms with Gasteiger partial charge in [0.05, 0.1) is 5.56 Å². The average molecular weight is 347 g/mol. The lowest BCUT2D eigenvalue weighted by Crippen LogP contribution is -2.35. The summed E-state index contributed by atoms with van der Waals surface area (Å²) in [6.45, 7) is 0.459. The smallest absolute Gasteiger partial charge is 0.257 e. The van der Waals surface area contributed by atoms with Crippen LogP contribution in [-0.4, -0.2) is 27.5 Å². The van der Waals surface area contributed by atoms with Gasteiger partial charge in [0, 0.05) is 12.5 Å². The fourth-order valence-electron chi connectivity index (χ4n) is 3.31. The molecule has 0 spiro atoms. The predicted octanol–water partition coefficient (Wildman–Crippen LogP) is 3.98. The minimum atomic E-state index is -0.724. The average Bonchev–Trinajstić information content (AvgIpc) is 3.39. The van der Waals surface area contributed by atoms with E-state index in [2.05, 4.69) is 10.1 Å². The van der Waals surface area contributed by atoms with Crippen molar-refractivity contribution in [1.82, 2.24) is 15.0 Å². The zero-order chi connectivity index (χ0) is 17.4. The van der Waals surface area contributed by atoms with Crippen molar-refractivity contribution in [3.05, 3.63) is 47.1 Å². The Morgan fingerprint density at radius 2 is 2.00 bits per heavy atom. The highest BCUT2D eigenvalue weighted by molar-refractivity contribution is 5.94. The summed E-state index contributed by atoms with van der Waals surface area (Å²) in [5, 5.41) is 4.02. The Labute approximate surface area is 144 Å². The molecule has 5 nitrogen and oxygen atoms in total. The molecule has 4 rings (SSSR count). The van der Waals surface area contributed by atoms with E-state index in [4.69, 9.17) is 4.52 Å². The molecule has 1 aliphatic carbocycles. The molecule has 1 saturated carbocycles. The SMILES string of the molecule is O=C(c1cc(F)ccc1F)N1CCCCCC1c1nc(C2CC2)no1. The van der Waals surface area contributed by atoms with E-state index in [0.29, 0.717) is 30.6 Å². The number of aromatic nitrogens is 2. The van der Waals surface area contributed by atoms with E-state index >= 15 is 0 Å². The molecule has 1 atom stereocenters. The highest BCUT2D eigenvalue weighted by Gasteiger charge is 2.35. The van der Waals surface area contributed by atoms with Crippen LogP contribution in [0.4, 0.5) is 8.78 Å². The molecule has 2 heterocycles. The third-order valence-electron chi connectivity index (χ3n) is 4.86. The largest absolute Gasteiger partial charge is 0.337 e. The summed E-state index contributed by atoms with van der Waals surface area (Å²) < 4.78 is 33.0. The number of benzene rings is 1. The Morgan fingerprint density at radius 1 is 1.16 bits per heavy atom. The molecule has 1 aromatic carbocycles. The lowest BCUT2D eigenvalue weighted by Gasteiger charge is -2.27. The van der Waals surface area contributed by atoms with Gasteiger partial charge in [-0.2, -0.15) is 4.98 Å². The van der Waals surface area contributed by atoms with Crippen LogP contribution in [0.1, 0.15) is 72.6 Å². The van der Waals surface area contributed by atoms with Crippen LogP contribution in [0, 0.1) is 11.6 Å².